The Labute approximate surface area is 271 Å². The summed E-state index contributed by atoms with van der Waals surface area (Å²) in [4.78, 5) is 12.7. The second-order valence-corrected chi connectivity index (χ2v) is 22.1. The number of hydrogen-bond acceptors (Lipinski definition) is 5. The molecule has 0 spiro atoms. The summed E-state index contributed by atoms with van der Waals surface area (Å²) in [7, 11) is -4.07. The van der Waals surface area contributed by atoms with Crippen molar-refractivity contribution in [1.82, 2.24) is 0 Å². The van der Waals surface area contributed by atoms with Crippen molar-refractivity contribution in [2.45, 2.75) is 134 Å². The van der Waals surface area contributed by atoms with Crippen molar-refractivity contribution in [3.05, 3.63) is 54.1 Å². The van der Waals surface area contributed by atoms with Crippen LogP contribution in [-0.2, 0) is 24.6 Å². The number of allylic oxidation sites excluding steroid dienone is 2. The van der Waals surface area contributed by atoms with E-state index in [1.807, 2.05) is 0 Å². The van der Waals surface area contributed by atoms with Crippen LogP contribution in [0.3, 0.4) is 0 Å². The maximum Gasteiger partial charge on any atom is 0.416 e. The van der Waals surface area contributed by atoms with Crippen LogP contribution in [-0.4, -0.2) is 47.5 Å². The van der Waals surface area contributed by atoms with E-state index >= 15 is 0 Å². The van der Waals surface area contributed by atoms with Gasteiger partial charge in [0.05, 0.1) is 17.8 Å². The molecule has 1 unspecified atom stereocenters. The van der Waals surface area contributed by atoms with Crippen LogP contribution in [0.15, 0.2) is 48.6 Å². The lowest BCUT2D eigenvalue weighted by Gasteiger charge is -2.35. The second kappa shape index (κ2) is 17.3. The van der Waals surface area contributed by atoms with Crippen LogP contribution in [0.4, 0.5) is 13.2 Å². The van der Waals surface area contributed by atoms with Crippen molar-refractivity contribution >= 4 is 22.6 Å². The number of rotatable bonds is 15. The number of benzene rings is 1. The summed E-state index contributed by atoms with van der Waals surface area (Å²) in [5.41, 5.74) is -0.738. The monoisotopic (exact) mass is 668 g/mol. The first-order valence-corrected chi connectivity index (χ1v) is 22.2. The number of carbonyl (C=O) groups excluding carboxylic acids is 1. The molecule has 3 rings (SSSR count). The van der Waals surface area contributed by atoms with Crippen molar-refractivity contribution in [2.75, 3.05) is 6.61 Å². The molecule has 1 aliphatic carbocycles. The molecule has 0 aromatic heterocycles. The predicted molar refractivity (Wildman–Crippen MR) is 179 cm³/mol. The van der Waals surface area contributed by atoms with Crippen molar-refractivity contribution in [1.29, 1.82) is 0 Å². The molecule has 0 N–H and O–H groups in total. The van der Waals surface area contributed by atoms with Crippen LogP contribution in [0.25, 0.3) is 0 Å². The summed E-state index contributed by atoms with van der Waals surface area (Å²) in [6.45, 7) is 13.2. The molecule has 1 aromatic carbocycles. The van der Waals surface area contributed by atoms with Gasteiger partial charge in [-0.05, 0) is 73.7 Å². The van der Waals surface area contributed by atoms with Crippen LogP contribution >= 0.6 is 0 Å². The molecule has 0 radical (unpaired) electrons. The van der Waals surface area contributed by atoms with Gasteiger partial charge in [0.15, 0.2) is 16.6 Å². The molecule has 0 saturated heterocycles. The van der Waals surface area contributed by atoms with Crippen molar-refractivity contribution in [2.24, 2.45) is 11.8 Å². The molecule has 10 heteroatoms. The molecule has 0 amide bonds. The number of alkyl halides is 3. The van der Waals surface area contributed by atoms with Crippen molar-refractivity contribution in [3.63, 3.8) is 0 Å². The van der Waals surface area contributed by atoms with E-state index in [0.29, 0.717) is 12.8 Å². The van der Waals surface area contributed by atoms with Gasteiger partial charge in [0.2, 0.25) is 0 Å². The fraction of sp³-hybridized carbons (Fsp3) is 0.686. The van der Waals surface area contributed by atoms with Gasteiger partial charge in [-0.3, -0.25) is 4.79 Å². The van der Waals surface area contributed by atoms with E-state index in [-0.39, 0.29) is 42.4 Å². The Morgan fingerprint density at radius 3 is 2.27 bits per heavy atom. The zero-order valence-corrected chi connectivity index (χ0v) is 30.2. The highest BCUT2D eigenvalue weighted by Gasteiger charge is 2.47. The van der Waals surface area contributed by atoms with E-state index in [2.05, 4.69) is 65.8 Å². The highest BCUT2D eigenvalue weighted by atomic mass is 28.4. The first kappa shape index (κ1) is 37.6. The highest BCUT2D eigenvalue weighted by molar-refractivity contribution is 6.74. The third-order valence-electron chi connectivity index (χ3n) is 10.3. The second-order valence-electron chi connectivity index (χ2n) is 12.6. The van der Waals surface area contributed by atoms with Crippen molar-refractivity contribution < 1.29 is 36.3 Å². The number of hydrogen-bond donors (Lipinski definition) is 0. The van der Waals surface area contributed by atoms with Crippen LogP contribution in [0, 0.1) is 11.8 Å². The van der Waals surface area contributed by atoms with E-state index in [1.54, 1.807) is 6.07 Å². The topological polar surface area (TPSA) is 54.0 Å². The Balaban J connectivity index is 1.97. The standard InChI is InChI=1S/C35H55F3O5Si2/c1-7-44(8-2,9-3)42-29(26-40-28-19-17-18-27(24-28)35(36,37)38)22-23-31-30-20-15-13-14-16-21-34(39)41-32(30)25-33(31)43-45(10-4,11-5)12-6/h13,15,17-19,22-24,29-33H,7-12,14,16,20-21,25-26H2,1-6H3/b15-13?,23-22-/t29-,30-,31-,32+,33?/m1/s1. The summed E-state index contributed by atoms with van der Waals surface area (Å²) in [5, 5.41) is 0. The molecular weight excluding hydrogens is 614 g/mol. The lowest BCUT2D eigenvalue weighted by molar-refractivity contribution is -0.151. The van der Waals surface area contributed by atoms with E-state index in [9.17, 15) is 18.0 Å². The average molecular weight is 669 g/mol. The molecule has 1 saturated carbocycles. The molecule has 1 heterocycles. The first-order chi connectivity index (χ1) is 21.5. The molecule has 2 aliphatic rings. The van der Waals surface area contributed by atoms with Gasteiger partial charge in [-0.1, -0.05) is 71.9 Å². The molecule has 45 heavy (non-hydrogen) atoms. The lowest BCUT2D eigenvalue weighted by Crippen LogP contribution is -2.42. The lowest BCUT2D eigenvalue weighted by atomic mass is 9.89. The summed E-state index contributed by atoms with van der Waals surface area (Å²) < 4.78 is 66.2. The summed E-state index contributed by atoms with van der Waals surface area (Å²) in [5.74, 6) is 0.0927. The maximum atomic E-state index is 13.4. The Kier molecular flexibility index (Phi) is 14.5. The van der Waals surface area contributed by atoms with Crippen LogP contribution in [0.2, 0.25) is 36.3 Å². The highest BCUT2D eigenvalue weighted by Crippen LogP contribution is 2.43. The summed E-state index contributed by atoms with van der Waals surface area (Å²) >= 11 is 0. The molecule has 254 valence electrons. The number of carbonyl (C=O) groups is 1. The Morgan fingerprint density at radius 1 is 0.978 bits per heavy atom. The number of esters is 1. The van der Waals surface area contributed by atoms with E-state index < -0.39 is 34.5 Å². The molecule has 1 fully saturated rings. The molecular formula is C35H55F3O5Si2. The largest absolute Gasteiger partial charge is 0.491 e. The first-order valence-electron chi connectivity index (χ1n) is 17.2. The fourth-order valence-electron chi connectivity index (χ4n) is 6.85. The number of fused-ring (bicyclic) bond motifs is 1. The van der Waals surface area contributed by atoms with Gasteiger partial charge in [-0.25, -0.2) is 0 Å². The smallest absolute Gasteiger partial charge is 0.416 e. The van der Waals surface area contributed by atoms with Gasteiger partial charge < -0.3 is 18.3 Å². The van der Waals surface area contributed by atoms with E-state index in [1.165, 1.54) is 6.07 Å². The molecule has 5 nitrogen and oxygen atoms in total. The number of ether oxygens (including phenoxy) is 2. The Bertz CT molecular complexity index is 1100. The van der Waals surface area contributed by atoms with Crippen LogP contribution < -0.4 is 4.74 Å². The van der Waals surface area contributed by atoms with Gasteiger partial charge in [0.1, 0.15) is 18.5 Å². The fourth-order valence-corrected chi connectivity index (χ4v) is 12.5. The van der Waals surface area contributed by atoms with Gasteiger partial charge >= 0.3 is 12.1 Å². The SMILES string of the molecule is CC[Si](CC)(CC)OC1C[C@@H]2OC(=O)CCCC=CC[C@@H]2[C@H]1/C=C\[C@H](COc1cccc(C(F)(F)F)c1)O[Si](CC)(CC)CC. The molecule has 1 aromatic rings. The Morgan fingerprint density at radius 2 is 1.64 bits per heavy atom. The third kappa shape index (κ3) is 10.3. The van der Waals surface area contributed by atoms with Gasteiger partial charge in [-0.15, -0.1) is 0 Å². The molecule has 0 bridgehead atoms. The third-order valence-corrected chi connectivity index (χ3v) is 19.6. The van der Waals surface area contributed by atoms with Gasteiger partial charge in [-0.2, -0.15) is 13.2 Å². The quantitative estimate of drug-likeness (QED) is 0.106. The van der Waals surface area contributed by atoms with Crippen LogP contribution in [0.1, 0.15) is 79.2 Å². The van der Waals surface area contributed by atoms with Gasteiger partial charge in [0, 0.05) is 24.7 Å². The van der Waals surface area contributed by atoms with Crippen LogP contribution in [0.5, 0.6) is 5.75 Å². The molecule has 5 atom stereocenters. The Hall–Kier alpha value is -1.89. The van der Waals surface area contributed by atoms with Crippen molar-refractivity contribution in [3.8, 4) is 5.75 Å². The maximum absolute atomic E-state index is 13.4. The van der Waals surface area contributed by atoms with Gasteiger partial charge in [0.25, 0.3) is 0 Å². The average Bonchev–Trinajstić information content (AvgIpc) is 3.35. The summed E-state index contributed by atoms with van der Waals surface area (Å²) in [6, 6.07) is 10.9. The number of halogens is 3. The normalized spacial score (nSPS) is 24.0. The van der Waals surface area contributed by atoms with E-state index in [4.69, 9.17) is 18.3 Å². The minimum Gasteiger partial charge on any atom is -0.491 e. The zero-order chi connectivity index (χ0) is 33.1. The zero-order valence-electron chi connectivity index (χ0n) is 28.2. The predicted octanol–water partition coefficient (Wildman–Crippen LogP) is 10.1. The summed E-state index contributed by atoms with van der Waals surface area (Å²) in [6.07, 6.45) is 6.94. The minimum absolute atomic E-state index is 0.00371. The molecule has 1 aliphatic heterocycles. The van der Waals surface area contributed by atoms with E-state index in [0.717, 1.165) is 67.7 Å². The minimum atomic E-state index is -4.45.